The van der Waals surface area contributed by atoms with E-state index in [0.717, 1.165) is 37.3 Å². The monoisotopic (exact) mass is 467 g/mol. The average Bonchev–Trinajstić information content (AvgIpc) is 2.72. The van der Waals surface area contributed by atoms with Gasteiger partial charge in [0.15, 0.2) is 0 Å². The van der Waals surface area contributed by atoms with Crippen molar-refractivity contribution in [1.82, 2.24) is 5.09 Å². The van der Waals surface area contributed by atoms with E-state index in [9.17, 15) is 18.7 Å². The van der Waals surface area contributed by atoms with Gasteiger partial charge in [0.2, 0.25) is 8.30 Å². The number of methoxy groups -OCH3 is 1. The number of nitrogens with one attached hydrogen (secondary N) is 1. The summed E-state index contributed by atoms with van der Waals surface area (Å²) in [5.74, 6) is -0.547. The van der Waals surface area contributed by atoms with E-state index in [1.807, 2.05) is 25.1 Å². The maximum atomic E-state index is 14.5. The Morgan fingerprint density at radius 1 is 1.25 bits per heavy atom. The third-order valence-electron chi connectivity index (χ3n) is 4.93. The molecule has 0 saturated carbocycles. The summed E-state index contributed by atoms with van der Waals surface area (Å²) in [6, 6.07) is 9.78. The molecule has 176 valence electrons. The summed E-state index contributed by atoms with van der Waals surface area (Å²) in [5.41, 5.74) is -0.488. The van der Waals surface area contributed by atoms with Crippen LogP contribution in [-0.2, 0) is 16.0 Å². The molecule has 0 radical (unpaired) electrons. The Hall–Kier alpha value is -2.24. The molecule has 2 aromatic rings. The third-order valence-corrected chi connectivity index (χ3v) is 6.64. The van der Waals surface area contributed by atoms with E-state index in [1.165, 1.54) is 14.0 Å². The molecule has 2 aromatic carbocycles. The van der Waals surface area contributed by atoms with Crippen LogP contribution in [0.25, 0.3) is 11.1 Å². The van der Waals surface area contributed by atoms with Gasteiger partial charge in [0, 0.05) is 6.92 Å². The highest BCUT2D eigenvalue weighted by molar-refractivity contribution is 7.52. The molecular formula is C24H32F2NO4P. The molecule has 0 aliphatic heterocycles. The summed E-state index contributed by atoms with van der Waals surface area (Å²) in [4.78, 5) is 11.8. The van der Waals surface area contributed by atoms with Gasteiger partial charge in [-0.15, -0.1) is 0 Å². The van der Waals surface area contributed by atoms with Crippen LogP contribution in [0.3, 0.4) is 0 Å². The molecule has 8 heteroatoms. The second kappa shape index (κ2) is 11.6. The van der Waals surface area contributed by atoms with E-state index in [2.05, 4.69) is 16.7 Å². The summed E-state index contributed by atoms with van der Waals surface area (Å²) in [7, 11) is -1.41. The Labute approximate surface area is 190 Å². The lowest BCUT2D eigenvalue weighted by Crippen LogP contribution is -2.36. The second-order valence-electron chi connectivity index (χ2n) is 7.92. The SMILES string of the molecule is CCCCCc1cc(O)c(-c2cccc(C)c2)c(OP(N[C@@H](C)C(=O)OC)C(C)(F)F)c1. The van der Waals surface area contributed by atoms with Crippen molar-refractivity contribution in [2.45, 2.75) is 65.1 Å². The van der Waals surface area contributed by atoms with Gasteiger partial charge in [-0.25, -0.2) is 5.09 Å². The van der Waals surface area contributed by atoms with E-state index in [4.69, 9.17) is 4.52 Å². The van der Waals surface area contributed by atoms with Gasteiger partial charge in [-0.05, 0) is 49.9 Å². The summed E-state index contributed by atoms with van der Waals surface area (Å²) < 4.78 is 39.4. The van der Waals surface area contributed by atoms with Crippen molar-refractivity contribution >= 4 is 14.3 Å². The van der Waals surface area contributed by atoms with Crippen LogP contribution in [0.4, 0.5) is 8.78 Å². The predicted octanol–water partition coefficient (Wildman–Crippen LogP) is 6.55. The Balaban J connectivity index is 2.51. The highest BCUT2D eigenvalue weighted by Gasteiger charge is 2.40. The lowest BCUT2D eigenvalue weighted by Gasteiger charge is -2.28. The standard InChI is InChI=1S/C24H32F2NO4P/c1-6-7-8-11-18-14-20(28)22(19-12-9-10-16(2)13-19)21(15-18)31-32(24(4,25)26)27-17(3)23(29)30-5/h9-10,12-15,17,27-28H,6-8,11H2,1-5H3/t17-,32?/m0/s1. The summed E-state index contributed by atoms with van der Waals surface area (Å²) in [6.45, 7) is 6.19. The van der Waals surface area contributed by atoms with Crippen molar-refractivity contribution in [3.63, 3.8) is 0 Å². The second-order valence-corrected chi connectivity index (χ2v) is 9.73. The molecule has 0 aromatic heterocycles. The van der Waals surface area contributed by atoms with Crippen molar-refractivity contribution in [3.8, 4) is 22.6 Å². The number of esters is 1. The fourth-order valence-electron chi connectivity index (χ4n) is 3.27. The maximum absolute atomic E-state index is 14.5. The molecule has 0 saturated heterocycles. The third kappa shape index (κ3) is 7.14. The minimum absolute atomic E-state index is 0.0324. The molecule has 2 atom stereocenters. The first kappa shape index (κ1) is 26.0. The quantitative estimate of drug-likeness (QED) is 0.223. The van der Waals surface area contributed by atoms with Crippen LogP contribution in [0, 0.1) is 6.92 Å². The van der Waals surface area contributed by atoms with Gasteiger partial charge in [0.1, 0.15) is 17.5 Å². The number of benzene rings is 2. The molecule has 5 nitrogen and oxygen atoms in total. The lowest BCUT2D eigenvalue weighted by atomic mass is 9.98. The zero-order valence-electron chi connectivity index (χ0n) is 19.2. The minimum Gasteiger partial charge on any atom is -0.507 e. The molecule has 0 aliphatic carbocycles. The first-order chi connectivity index (χ1) is 15.1. The number of alkyl halides is 2. The molecule has 2 rings (SSSR count). The zero-order chi connectivity index (χ0) is 23.9. The number of hydrogen-bond donors (Lipinski definition) is 2. The number of aromatic hydroxyl groups is 1. The van der Waals surface area contributed by atoms with E-state index >= 15 is 0 Å². The Bertz CT molecular complexity index is 917. The largest absolute Gasteiger partial charge is 0.507 e. The van der Waals surface area contributed by atoms with Crippen molar-refractivity contribution in [2.24, 2.45) is 0 Å². The number of halogens is 2. The smallest absolute Gasteiger partial charge is 0.322 e. The number of unbranched alkanes of at least 4 members (excludes halogenated alkanes) is 2. The van der Waals surface area contributed by atoms with Crippen LogP contribution in [0.2, 0.25) is 0 Å². The predicted molar refractivity (Wildman–Crippen MR) is 124 cm³/mol. The van der Waals surface area contributed by atoms with Crippen molar-refractivity contribution in [3.05, 3.63) is 47.5 Å². The molecule has 32 heavy (non-hydrogen) atoms. The molecule has 0 aliphatic rings. The van der Waals surface area contributed by atoms with E-state index in [1.54, 1.807) is 18.2 Å². The fourth-order valence-corrected chi connectivity index (χ4v) is 4.50. The van der Waals surface area contributed by atoms with Crippen LogP contribution < -0.4 is 9.61 Å². The number of ether oxygens (including phenoxy) is 1. The van der Waals surface area contributed by atoms with Gasteiger partial charge in [-0.1, -0.05) is 49.6 Å². The number of rotatable bonds is 11. The van der Waals surface area contributed by atoms with Crippen LogP contribution in [0.1, 0.15) is 51.2 Å². The average molecular weight is 467 g/mol. The lowest BCUT2D eigenvalue weighted by molar-refractivity contribution is -0.142. The Morgan fingerprint density at radius 3 is 2.56 bits per heavy atom. The van der Waals surface area contributed by atoms with Crippen LogP contribution in [0.15, 0.2) is 36.4 Å². The first-order valence-corrected chi connectivity index (χ1v) is 12.0. The van der Waals surface area contributed by atoms with Gasteiger partial charge in [0.05, 0.1) is 12.7 Å². The van der Waals surface area contributed by atoms with Crippen LogP contribution >= 0.6 is 8.30 Å². The summed E-state index contributed by atoms with van der Waals surface area (Å²) in [5, 5.41) is 13.4. The van der Waals surface area contributed by atoms with Crippen molar-refractivity contribution in [1.29, 1.82) is 0 Å². The number of hydrogen-bond acceptors (Lipinski definition) is 5. The molecule has 0 heterocycles. The first-order valence-electron chi connectivity index (χ1n) is 10.7. The Kier molecular flexibility index (Phi) is 9.41. The maximum Gasteiger partial charge on any atom is 0.322 e. The summed E-state index contributed by atoms with van der Waals surface area (Å²) >= 11 is 0. The van der Waals surface area contributed by atoms with Crippen molar-refractivity contribution < 1.29 is 27.9 Å². The van der Waals surface area contributed by atoms with Gasteiger partial charge >= 0.3 is 11.6 Å². The topological polar surface area (TPSA) is 67.8 Å². The highest BCUT2D eigenvalue weighted by atomic mass is 31.2. The van der Waals surface area contributed by atoms with Crippen LogP contribution in [0.5, 0.6) is 11.5 Å². The van der Waals surface area contributed by atoms with Crippen molar-refractivity contribution in [2.75, 3.05) is 7.11 Å². The van der Waals surface area contributed by atoms with Gasteiger partial charge in [-0.2, -0.15) is 8.78 Å². The Morgan fingerprint density at radius 2 is 1.97 bits per heavy atom. The van der Waals surface area contributed by atoms with E-state index < -0.39 is 26.0 Å². The van der Waals surface area contributed by atoms with Gasteiger partial charge in [-0.3, -0.25) is 4.79 Å². The van der Waals surface area contributed by atoms with E-state index in [0.29, 0.717) is 17.5 Å². The van der Waals surface area contributed by atoms with E-state index in [-0.39, 0.29) is 11.5 Å². The zero-order valence-corrected chi connectivity index (χ0v) is 20.1. The minimum atomic E-state index is -3.25. The number of phenolic OH excluding ortho intramolecular Hbond substituents is 1. The molecule has 1 unspecified atom stereocenters. The number of carbonyl (C=O) groups excluding carboxylic acids is 1. The number of phenols is 1. The molecular weight excluding hydrogens is 435 g/mol. The number of carbonyl (C=O) groups is 1. The highest BCUT2D eigenvalue weighted by Crippen LogP contribution is 2.53. The normalized spacial score (nSPS) is 13.5. The fraction of sp³-hybridized carbons (Fsp3) is 0.458. The van der Waals surface area contributed by atoms with Gasteiger partial charge < -0.3 is 14.4 Å². The van der Waals surface area contributed by atoms with Crippen LogP contribution in [-0.4, -0.2) is 29.9 Å². The molecule has 0 amide bonds. The summed E-state index contributed by atoms with van der Waals surface area (Å²) in [6.07, 6.45) is 3.67. The van der Waals surface area contributed by atoms with Gasteiger partial charge in [0.25, 0.3) is 0 Å². The number of aryl methyl sites for hydroxylation is 2. The molecule has 0 spiro atoms. The molecule has 0 fully saturated rings. The molecule has 2 N–H and O–H groups in total. The molecule has 0 bridgehead atoms.